The highest BCUT2D eigenvalue weighted by Gasteiger charge is 2.03. The van der Waals surface area contributed by atoms with Crippen LogP contribution in [0.1, 0.15) is 5.56 Å². The molecule has 0 unspecified atom stereocenters. The first-order valence-electron chi connectivity index (χ1n) is 3.24. The lowest BCUT2D eigenvalue weighted by Gasteiger charge is -1.90. The molecule has 0 aliphatic rings. The van der Waals surface area contributed by atoms with E-state index in [2.05, 4.69) is 10.3 Å². The molecular weight excluding hydrogens is 158 g/mol. The Morgan fingerprint density at radius 2 is 2.33 bits per heavy atom. The zero-order chi connectivity index (χ0) is 8.55. The summed E-state index contributed by atoms with van der Waals surface area (Å²) in [5.41, 5.74) is 1.30. The van der Waals surface area contributed by atoms with E-state index in [0.717, 1.165) is 0 Å². The minimum atomic E-state index is 0.361. The molecule has 5 nitrogen and oxygen atoms in total. The van der Waals surface area contributed by atoms with E-state index in [0.29, 0.717) is 21.4 Å². The van der Waals surface area contributed by atoms with Crippen LogP contribution in [0.2, 0.25) is 0 Å². The summed E-state index contributed by atoms with van der Waals surface area (Å²) < 4.78 is 0. The van der Waals surface area contributed by atoms with Gasteiger partial charge in [0.2, 0.25) is 6.29 Å². The van der Waals surface area contributed by atoms with Crippen LogP contribution in [0.4, 0.5) is 0 Å². The van der Waals surface area contributed by atoms with Crippen molar-refractivity contribution >= 4 is 17.3 Å². The van der Waals surface area contributed by atoms with Crippen LogP contribution < -0.4 is 0 Å². The maximum absolute atomic E-state index is 10.2. The van der Waals surface area contributed by atoms with E-state index in [9.17, 15) is 4.79 Å². The van der Waals surface area contributed by atoms with E-state index in [1.807, 2.05) is 0 Å². The van der Waals surface area contributed by atoms with Crippen molar-refractivity contribution in [1.82, 2.24) is 15.2 Å². The maximum atomic E-state index is 10.2. The fourth-order valence-electron chi connectivity index (χ4n) is 0.970. The molecule has 0 aliphatic heterocycles. The van der Waals surface area contributed by atoms with Gasteiger partial charge < -0.3 is 5.21 Å². The molecule has 0 bridgehead atoms. The van der Waals surface area contributed by atoms with Crippen LogP contribution in [0.15, 0.2) is 18.2 Å². The highest BCUT2D eigenvalue weighted by atomic mass is 16.5. The van der Waals surface area contributed by atoms with Gasteiger partial charge in [-0.05, 0) is 23.4 Å². The Kier molecular flexibility index (Phi) is 1.30. The van der Waals surface area contributed by atoms with E-state index in [-0.39, 0.29) is 0 Å². The van der Waals surface area contributed by atoms with Gasteiger partial charge in [-0.2, -0.15) is 0 Å². The summed E-state index contributed by atoms with van der Waals surface area (Å²) >= 11 is 0. The minimum Gasteiger partial charge on any atom is -0.410 e. The van der Waals surface area contributed by atoms with Crippen molar-refractivity contribution in [3.8, 4) is 0 Å². The second kappa shape index (κ2) is 2.30. The highest BCUT2D eigenvalue weighted by molar-refractivity contribution is 5.84. The normalized spacial score (nSPS) is 10.3. The summed E-state index contributed by atoms with van der Waals surface area (Å²) in [6.45, 7) is 0. The zero-order valence-corrected chi connectivity index (χ0v) is 5.93. The maximum Gasteiger partial charge on any atom is 0.233 e. The van der Waals surface area contributed by atoms with Crippen molar-refractivity contribution < 1.29 is 10.0 Å². The number of carbonyl (C=O) groups excluding carboxylic acids is 1. The molecule has 1 aromatic carbocycles. The van der Waals surface area contributed by atoms with Crippen LogP contribution in [0.25, 0.3) is 11.0 Å². The Balaban J connectivity index is 2.79. The summed E-state index contributed by atoms with van der Waals surface area (Å²) in [7, 11) is 0. The van der Waals surface area contributed by atoms with Crippen LogP contribution in [0, 0.1) is 0 Å². The number of hydrogen-bond donors (Lipinski definition) is 1. The van der Waals surface area contributed by atoms with E-state index in [4.69, 9.17) is 5.21 Å². The number of nitrogens with zero attached hydrogens (tertiary/aromatic N) is 3. The molecule has 1 aromatic heterocycles. The van der Waals surface area contributed by atoms with Crippen molar-refractivity contribution in [1.29, 1.82) is 0 Å². The number of aromatic nitrogens is 3. The summed E-state index contributed by atoms with van der Waals surface area (Å²) in [5.74, 6) is 0. The first-order valence-corrected chi connectivity index (χ1v) is 3.24. The molecule has 1 radical (unpaired) electrons. The predicted octanol–water partition coefficient (Wildman–Crippen LogP) is 0.126. The van der Waals surface area contributed by atoms with E-state index >= 15 is 0 Å². The lowest BCUT2D eigenvalue weighted by atomic mass is 10.2. The summed E-state index contributed by atoms with van der Waals surface area (Å²) in [5, 5.41) is 16.0. The molecule has 1 N–H and O–H groups in total. The van der Waals surface area contributed by atoms with Crippen molar-refractivity contribution in [3.63, 3.8) is 0 Å². The van der Waals surface area contributed by atoms with E-state index < -0.39 is 0 Å². The molecule has 12 heavy (non-hydrogen) atoms. The molecule has 0 aliphatic carbocycles. The average Bonchev–Trinajstić information content (AvgIpc) is 2.47. The lowest BCUT2D eigenvalue weighted by molar-refractivity contribution is 0.154. The van der Waals surface area contributed by atoms with Crippen LogP contribution in [-0.2, 0) is 4.79 Å². The van der Waals surface area contributed by atoms with Crippen molar-refractivity contribution in [3.05, 3.63) is 23.8 Å². The molecule has 0 saturated heterocycles. The fourth-order valence-corrected chi connectivity index (χ4v) is 0.970. The lowest BCUT2D eigenvalue weighted by Crippen LogP contribution is -1.92. The van der Waals surface area contributed by atoms with Crippen LogP contribution in [0.5, 0.6) is 0 Å². The van der Waals surface area contributed by atoms with Gasteiger partial charge in [-0.15, -0.1) is 5.10 Å². The molecule has 1 heterocycles. The molecular formula is C7H4N3O2. The third-order valence-corrected chi connectivity index (χ3v) is 1.55. The van der Waals surface area contributed by atoms with Gasteiger partial charge in [0, 0.05) is 5.56 Å². The Hall–Kier alpha value is -1.91. The third-order valence-electron chi connectivity index (χ3n) is 1.55. The van der Waals surface area contributed by atoms with Crippen molar-refractivity contribution in [2.45, 2.75) is 0 Å². The quantitative estimate of drug-likeness (QED) is 0.605. The smallest absolute Gasteiger partial charge is 0.233 e. The number of benzene rings is 1. The molecule has 0 saturated carbocycles. The number of hydrogen-bond acceptors (Lipinski definition) is 4. The molecule has 59 valence electrons. The molecule has 5 heteroatoms. The van der Waals surface area contributed by atoms with Crippen LogP contribution in [0.3, 0.4) is 0 Å². The average molecular weight is 162 g/mol. The SMILES string of the molecule is O=[C]c1ccc2nnn(O)c2c1. The predicted molar refractivity (Wildman–Crippen MR) is 39.5 cm³/mol. The van der Waals surface area contributed by atoms with Gasteiger partial charge in [-0.1, -0.05) is 4.85 Å². The van der Waals surface area contributed by atoms with Gasteiger partial charge in [0.15, 0.2) is 0 Å². The van der Waals surface area contributed by atoms with Gasteiger partial charge in [0.25, 0.3) is 0 Å². The summed E-state index contributed by atoms with van der Waals surface area (Å²) in [6.07, 6.45) is 1.71. The first kappa shape index (κ1) is 6.78. The molecule has 0 atom stereocenters. The Morgan fingerprint density at radius 3 is 3.08 bits per heavy atom. The van der Waals surface area contributed by atoms with Crippen molar-refractivity contribution in [2.75, 3.05) is 0 Å². The van der Waals surface area contributed by atoms with Crippen LogP contribution in [-0.4, -0.2) is 26.7 Å². The highest BCUT2D eigenvalue weighted by Crippen LogP contribution is 2.10. The monoisotopic (exact) mass is 162 g/mol. The number of fused-ring (bicyclic) bond motifs is 1. The zero-order valence-electron chi connectivity index (χ0n) is 5.93. The molecule has 0 spiro atoms. The van der Waals surface area contributed by atoms with Gasteiger partial charge in [-0.3, -0.25) is 4.79 Å². The molecule has 2 aromatic rings. The van der Waals surface area contributed by atoms with Gasteiger partial charge in [0.05, 0.1) is 0 Å². The van der Waals surface area contributed by atoms with E-state index in [1.165, 1.54) is 6.07 Å². The number of rotatable bonds is 1. The molecule has 2 rings (SSSR count). The third kappa shape index (κ3) is 0.833. The Bertz CT molecular complexity index is 435. The standard InChI is InChI=1S/C7H4N3O2/c11-4-5-1-2-6-7(3-5)10(12)9-8-6/h1-3,12H. The summed E-state index contributed by atoms with van der Waals surface area (Å²) in [4.78, 5) is 10.8. The minimum absolute atomic E-state index is 0.361. The van der Waals surface area contributed by atoms with Crippen molar-refractivity contribution in [2.24, 2.45) is 0 Å². The molecule has 0 amide bonds. The Morgan fingerprint density at radius 1 is 1.50 bits per heavy atom. The fraction of sp³-hybridized carbons (Fsp3) is 0. The van der Waals surface area contributed by atoms with Gasteiger partial charge in [0.1, 0.15) is 11.0 Å². The second-order valence-corrected chi connectivity index (χ2v) is 2.28. The van der Waals surface area contributed by atoms with E-state index in [1.54, 1.807) is 18.4 Å². The van der Waals surface area contributed by atoms with Gasteiger partial charge in [-0.25, -0.2) is 0 Å². The topological polar surface area (TPSA) is 68.0 Å². The van der Waals surface area contributed by atoms with Gasteiger partial charge >= 0.3 is 0 Å². The largest absolute Gasteiger partial charge is 0.410 e. The first-order chi connectivity index (χ1) is 5.81. The second-order valence-electron chi connectivity index (χ2n) is 2.28. The van der Waals surface area contributed by atoms with Crippen LogP contribution >= 0.6 is 0 Å². The Labute approximate surface area is 67.2 Å². The summed E-state index contributed by atoms with van der Waals surface area (Å²) in [6, 6.07) is 4.61. The molecule has 0 fully saturated rings.